The number of nitrogens with zero attached hydrogens (tertiary/aromatic N) is 3. The molecule has 0 spiro atoms. The van der Waals surface area contributed by atoms with E-state index in [-0.39, 0.29) is 24.7 Å². The largest absolute Gasteiger partial charge is 0.383 e. The number of likely N-dealkylation sites (tertiary alicyclic amines) is 1. The van der Waals surface area contributed by atoms with Crippen LogP contribution in [0.3, 0.4) is 0 Å². The molecule has 3 aromatic rings. The molecule has 156 valence electrons. The number of aromatic nitrogens is 2. The fraction of sp³-hybridized carbons (Fsp3) is 0.391. The highest BCUT2D eigenvalue weighted by Gasteiger charge is 2.38. The Balaban J connectivity index is 1.33. The SMILES string of the molecule is Nc1ncccc1CN1CC[C@@H]2OCC(=O)N(Cc3c[nH]c4ccccc34)[C@H]2CC1. The molecular formula is C23H27N5O2. The second kappa shape index (κ2) is 8.08. The minimum atomic E-state index is 0.0733. The topological polar surface area (TPSA) is 87.5 Å². The predicted molar refractivity (Wildman–Crippen MR) is 116 cm³/mol. The van der Waals surface area contributed by atoms with Crippen LogP contribution in [0.5, 0.6) is 0 Å². The number of carbonyl (C=O) groups is 1. The minimum Gasteiger partial charge on any atom is -0.383 e. The first kappa shape index (κ1) is 19.1. The van der Waals surface area contributed by atoms with Gasteiger partial charge in [0.25, 0.3) is 0 Å². The third-order valence-corrected chi connectivity index (χ3v) is 6.38. The molecular weight excluding hydrogens is 378 g/mol. The molecule has 2 aliphatic rings. The lowest BCUT2D eigenvalue weighted by molar-refractivity contribution is -0.158. The van der Waals surface area contributed by atoms with Gasteiger partial charge in [0.15, 0.2) is 0 Å². The summed E-state index contributed by atoms with van der Waals surface area (Å²) >= 11 is 0. The van der Waals surface area contributed by atoms with Crippen LogP contribution in [0.1, 0.15) is 24.0 Å². The monoisotopic (exact) mass is 405 g/mol. The summed E-state index contributed by atoms with van der Waals surface area (Å²) in [4.78, 5) is 24.7. The van der Waals surface area contributed by atoms with E-state index in [9.17, 15) is 4.79 Å². The van der Waals surface area contributed by atoms with Gasteiger partial charge in [-0.15, -0.1) is 0 Å². The smallest absolute Gasteiger partial charge is 0.249 e. The van der Waals surface area contributed by atoms with Crippen molar-refractivity contribution in [3.05, 3.63) is 59.9 Å². The molecule has 2 atom stereocenters. The van der Waals surface area contributed by atoms with Gasteiger partial charge in [0, 0.05) is 55.0 Å². The lowest BCUT2D eigenvalue weighted by Crippen LogP contribution is -2.53. The van der Waals surface area contributed by atoms with Gasteiger partial charge in [0.05, 0.1) is 12.1 Å². The fourth-order valence-corrected chi connectivity index (χ4v) is 4.75. The molecule has 0 unspecified atom stereocenters. The number of nitrogens with two attached hydrogens (primary N) is 1. The van der Waals surface area contributed by atoms with Crippen LogP contribution in [0.25, 0.3) is 10.9 Å². The number of pyridine rings is 1. The number of morpholine rings is 1. The summed E-state index contributed by atoms with van der Waals surface area (Å²) in [5.41, 5.74) is 9.35. The molecule has 2 saturated heterocycles. The van der Waals surface area contributed by atoms with Crippen molar-refractivity contribution < 1.29 is 9.53 Å². The zero-order chi connectivity index (χ0) is 20.5. The van der Waals surface area contributed by atoms with Crippen LogP contribution in [0.4, 0.5) is 5.82 Å². The first-order valence-electron chi connectivity index (χ1n) is 10.6. The van der Waals surface area contributed by atoms with Crippen molar-refractivity contribution in [3.8, 4) is 0 Å². The van der Waals surface area contributed by atoms with Gasteiger partial charge in [-0.1, -0.05) is 24.3 Å². The Morgan fingerprint density at radius 1 is 1.10 bits per heavy atom. The van der Waals surface area contributed by atoms with E-state index in [0.717, 1.165) is 49.1 Å². The zero-order valence-electron chi connectivity index (χ0n) is 17.0. The molecule has 1 amide bonds. The number of fused-ring (bicyclic) bond motifs is 2. The highest BCUT2D eigenvalue weighted by molar-refractivity contribution is 5.84. The van der Waals surface area contributed by atoms with Gasteiger partial charge in [0.2, 0.25) is 5.91 Å². The number of ether oxygens (including phenoxy) is 1. The van der Waals surface area contributed by atoms with Crippen molar-refractivity contribution in [1.29, 1.82) is 0 Å². The van der Waals surface area contributed by atoms with Crippen molar-refractivity contribution in [3.63, 3.8) is 0 Å². The van der Waals surface area contributed by atoms with E-state index in [1.54, 1.807) is 6.20 Å². The lowest BCUT2D eigenvalue weighted by Gasteiger charge is -2.40. The Hall–Kier alpha value is -2.90. The van der Waals surface area contributed by atoms with Crippen molar-refractivity contribution in [1.82, 2.24) is 19.8 Å². The molecule has 7 nitrogen and oxygen atoms in total. The summed E-state index contributed by atoms with van der Waals surface area (Å²) in [5, 5.41) is 1.18. The Labute approximate surface area is 175 Å². The standard InChI is InChI=1S/C23H27N5O2/c24-23-16(4-3-9-25-23)13-27-10-7-20-21(8-11-27)30-15-22(29)28(20)14-17-12-26-19-6-2-1-5-18(17)19/h1-6,9,12,20-21,26H,7-8,10-11,13-15H2,(H2,24,25)/t20-,21-/m0/s1. The lowest BCUT2D eigenvalue weighted by atomic mass is 10.0. The third-order valence-electron chi connectivity index (χ3n) is 6.38. The molecule has 2 aromatic heterocycles. The number of rotatable bonds is 4. The molecule has 0 saturated carbocycles. The summed E-state index contributed by atoms with van der Waals surface area (Å²) in [5.74, 6) is 0.665. The highest BCUT2D eigenvalue weighted by atomic mass is 16.5. The maximum Gasteiger partial charge on any atom is 0.249 e. The van der Waals surface area contributed by atoms with Crippen LogP contribution in [0, 0.1) is 0 Å². The van der Waals surface area contributed by atoms with Crippen LogP contribution < -0.4 is 5.73 Å². The number of hydrogen-bond donors (Lipinski definition) is 2. The molecule has 5 rings (SSSR count). The van der Waals surface area contributed by atoms with Crippen LogP contribution in [0.15, 0.2) is 48.8 Å². The van der Waals surface area contributed by atoms with Gasteiger partial charge in [-0.2, -0.15) is 0 Å². The Morgan fingerprint density at radius 2 is 1.97 bits per heavy atom. The Kier molecular flexibility index (Phi) is 5.14. The molecule has 2 fully saturated rings. The molecule has 7 heteroatoms. The molecule has 30 heavy (non-hydrogen) atoms. The second-order valence-electron chi connectivity index (χ2n) is 8.20. The molecule has 2 aliphatic heterocycles. The van der Waals surface area contributed by atoms with E-state index in [1.165, 1.54) is 5.39 Å². The molecule has 0 radical (unpaired) electrons. The van der Waals surface area contributed by atoms with E-state index in [0.29, 0.717) is 12.4 Å². The number of nitrogens with one attached hydrogen (secondary N) is 1. The normalized spacial score (nSPS) is 22.8. The number of amides is 1. The zero-order valence-corrected chi connectivity index (χ0v) is 17.0. The number of para-hydroxylation sites is 1. The van der Waals surface area contributed by atoms with Crippen LogP contribution in [-0.4, -0.2) is 57.5 Å². The highest BCUT2D eigenvalue weighted by Crippen LogP contribution is 2.28. The summed E-state index contributed by atoms with van der Waals surface area (Å²) in [6.07, 6.45) is 5.61. The Morgan fingerprint density at radius 3 is 2.87 bits per heavy atom. The van der Waals surface area contributed by atoms with Gasteiger partial charge in [-0.25, -0.2) is 4.98 Å². The first-order valence-corrected chi connectivity index (χ1v) is 10.6. The first-order chi connectivity index (χ1) is 14.7. The predicted octanol–water partition coefficient (Wildman–Crippen LogP) is 2.54. The number of nitrogen functional groups attached to an aromatic ring is 1. The Bertz CT molecular complexity index is 1050. The van der Waals surface area contributed by atoms with E-state index >= 15 is 0 Å². The number of anilines is 1. The van der Waals surface area contributed by atoms with Crippen molar-refractivity contribution in [2.75, 3.05) is 25.4 Å². The van der Waals surface area contributed by atoms with Gasteiger partial charge >= 0.3 is 0 Å². The van der Waals surface area contributed by atoms with Crippen LogP contribution >= 0.6 is 0 Å². The number of H-pyrrole nitrogens is 1. The maximum atomic E-state index is 12.8. The van der Waals surface area contributed by atoms with Crippen molar-refractivity contribution in [2.24, 2.45) is 0 Å². The number of carbonyl (C=O) groups excluding carboxylic acids is 1. The molecule has 1 aromatic carbocycles. The summed E-state index contributed by atoms with van der Waals surface area (Å²) < 4.78 is 5.97. The minimum absolute atomic E-state index is 0.0733. The quantitative estimate of drug-likeness (QED) is 0.697. The molecule has 4 heterocycles. The van der Waals surface area contributed by atoms with E-state index in [2.05, 4.69) is 27.0 Å². The van der Waals surface area contributed by atoms with Crippen molar-refractivity contribution >= 4 is 22.6 Å². The van der Waals surface area contributed by atoms with Gasteiger partial charge in [0.1, 0.15) is 12.4 Å². The fourth-order valence-electron chi connectivity index (χ4n) is 4.75. The average Bonchev–Trinajstić information content (AvgIpc) is 3.05. The summed E-state index contributed by atoms with van der Waals surface area (Å²) in [6.45, 7) is 3.37. The molecule has 3 N–H and O–H groups in total. The van der Waals surface area contributed by atoms with E-state index in [4.69, 9.17) is 10.5 Å². The van der Waals surface area contributed by atoms with Crippen LogP contribution in [0.2, 0.25) is 0 Å². The molecule has 0 aliphatic carbocycles. The summed E-state index contributed by atoms with van der Waals surface area (Å²) in [6, 6.07) is 12.3. The maximum absolute atomic E-state index is 12.8. The second-order valence-corrected chi connectivity index (χ2v) is 8.20. The number of benzene rings is 1. The summed E-state index contributed by atoms with van der Waals surface area (Å²) in [7, 11) is 0. The van der Waals surface area contributed by atoms with Gasteiger partial charge < -0.3 is 20.4 Å². The van der Waals surface area contributed by atoms with Gasteiger partial charge in [-0.05, 0) is 30.5 Å². The number of hydrogen-bond acceptors (Lipinski definition) is 5. The van der Waals surface area contributed by atoms with E-state index < -0.39 is 0 Å². The molecule has 0 bridgehead atoms. The number of aromatic amines is 1. The van der Waals surface area contributed by atoms with Gasteiger partial charge in [-0.3, -0.25) is 9.69 Å². The van der Waals surface area contributed by atoms with E-state index in [1.807, 2.05) is 35.4 Å². The average molecular weight is 406 g/mol. The van der Waals surface area contributed by atoms with Crippen molar-refractivity contribution in [2.45, 2.75) is 38.1 Å². The third kappa shape index (κ3) is 3.66. The van der Waals surface area contributed by atoms with Crippen LogP contribution in [-0.2, 0) is 22.6 Å².